The van der Waals surface area contributed by atoms with Crippen molar-refractivity contribution in [1.82, 2.24) is 10.5 Å². The largest absolute Gasteiger partial charge is 0.450 e. The Balaban J connectivity index is 1.65. The van der Waals surface area contributed by atoms with Gasteiger partial charge in [0.25, 0.3) is 5.91 Å². The maximum absolute atomic E-state index is 11.6. The van der Waals surface area contributed by atoms with Gasteiger partial charge in [-0.25, -0.2) is 4.79 Å². The smallest absolute Gasteiger partial charge is 0.377 e. The fourth-order valence-electron chi connectivity index (χ4n) is 2.36. The zero-order valence-corrected chi connectivity index (χ0v) is 11.7. The number of carbonyl (C=O) groups excluding carboxylic acids is 2. The normalized spacial score (nSPS) is 15.8. The van der Waals surface area contributed by atoms with E-state index in [1.165, 1.54) is 25.3 Å². The molecular formula is C14H20N2O4. The van der Waals surface area contributed by atoms with E-state index in [9.17, 15) is 9.59 Å². The van der Waals surface area contributed by atoms with Gasteiger partial charge in [0, 0.05) is 12.6 Å². The summed E-state index contributed by atoms with van der Waals surface area (Å²) in [6.07, 6.45) is 6.09. The number of nitrogens with one attached hydrogen (secondary N) is 1. The van der Waals surface area contributed by atoms with E-state index in [0.717, 1.165) is 12.8 Å². The number of aryl methyl sites for hydroxylation is 1. The Morgan fingerprint density at radius 2 is 2.15 bits per heavy atom. The molecule has 0 atom stereocenters. The van der Waals surface area contributed by atoms with Gasteiger partial charge in [-0.05, 0) is 25.7 Å². The maximum atomic E-state index is 11.6. The molecule has 110 valence electrons. The molecule has 1 aliphatic rings. The second-order valence-corrected chi connectivity index (χ2v) is 5.22. The molecule has 20 heavy (non-hydrogen) atoms. The zero-order chi connectivity index (χ0) is 14.4. The van der Waals surface area contributed by atoms with Crippen LogP contribution in [0, 0.1) is 12.8 Å². The van der Waals surface area contributed by atoms with Crippen molar-refractivity contribution in [3.63, 3.8) is 0 Å². The van der Waals surface area contributed by atoms with Gasteiger partial charge in [-0.2, -0.15) is 0 Å². The molecule has 1 saturated carbocycles. The van der Waals surface area contributed by atoms with Crippen molar-refractivity contribution in [2.75, 3.05) is 13.2 Å². The van der Waals surface area contributed by atoms with E-state index in [-0.39, 0.29) is 18.3 Å². The number of aromatic nitrogens is 1. The second-order valence-electron chi connectivity index (χ2n) is 5.22. The van der Waals surface area contributed by atoms with Gasteiger partial charge in [-0.15, -0.1) is 0 Å². The van der Waals surface area contributed by atoms with E-state index in [1.807, 2.05) is 0 Å². The Morgan fingerprint density at radius 3 is 2.80 bits per heavy atom. The average Bonchev–Trinajstić information content (AvgIpc) is 2.90. The first-order chi connectivity index (χ1) is 9.65. The average molecular weight is 280 g/mol. The van der Waals surface area contributed by atoms with Gasteiger partial charge in [-0.1, -0.05) is 24.4 Å². The summed E-state index contributed by atoms with van der Waals surface area (Å²) in [5, 5.41) is 6.39. The second kappa shape index (κ2) is 7.07. The summed E-state index contributed by atoms with van der Waals surface area (Å²) in [5.41, 5.74) is 0.596. The lowest BCUT2D eigenvalue weighted by molar-refractivity contribution is -0.124. The molecule has 1 aromatic rings. The summed E-state index contributed by atoms with van der Waals surface area (Å²) in [6, 6.07) is 1.47. The van der Waals surface area contributed by atoms with E-state index < -0.39 is 5.97 Å². The molecule has 0 radical (unpaired) electrons. The summed E-state index contributed by atoms with van der Waals surface area (Å²) < 4.78 is 9.62. The monoisotopic (exact) mass is 280 g/mol. The standard InChI is InChI=1S/C14H20N2O4/c1-10-7-12(20-16-10)14(18)19-9-13(17)15-8-11-5-3-2-4-6-11/h7,11H,2-6,8-9H2,1H3,(H,15,17). The van der Waals surface area contributed by atoms with Crippen LogP contribution >= 0.6 is 0 Å². The summed E-state index contributed by atoms with van der Waals surface area (Å²) in [5.74, 6) is -0.374. The number of carbonyl (C=O) groups is 2. The van der Waals surface area contributed by atoms with Gasteiger partial charge in [-0.3, -0.25) is 4.79 Å². The molecule has 0 bridgehead atoms. The van der Waals surface area contributed by atoms with Crippen molar-refractivity contribution in [2.24, 2.45) is 5.92 Å². The molecule has 6 heteroatoms. The van der Waals surface area contributed by atoms with E-state index in [4.69, 9.17) is 9.26 Å². The van der Waals surface area contributed by atoms with Crippen LogP contribution in [0.25, 0.3) is 0 Å². The Kier molecular flexibility index (Phi) is 5.15. The van der Waals surface area contributed by atoms with Crippen LogP contribution in [0.1, 0.15) is 48.4 Å². The van der Waals surface area contributed by atoms with Crippen LogP contribution in [0.4, 0.5) is 0 Å². The van der Waals surface area contributed by atoms with E-state index in [0.29, 0.717) is 18.2 Å². The SMILES string of the molecule is Cc1cc(C(=O)OCC(=O)NCC2CCCCC2)on1. The van der Waals surface area contributed by atoms with Crippen LogP contribution in [-0.4, -0.2) is 30.2 Å². The molecule has 1 aromatic heterocycles. The number of hydrogen-bond donors (Lipinski definition) is 1. The highest BCUT2D eigenvalue weighted by molar-refractivity contribution is 5.88. The third kappa shape index (κ3) is 4.36. The predicted molar refractivity (Wildman–Crippen MR) is 71.1 cm³/mol. The molecule has 1 aliphatic carbocycles. The number of ether oxygens (including phenoxy) is 1. The minimum absolute atomic E-state index is 0.0163. The predicted octanol–water partition coefficient (Wildman–Crippen LogP) is 1.84. The molecule has 1 heterocycles. The Hall–Kier alpha value is -1.85. The number of rotatable bonds is 5. The van der Waals surface area contributed by atoms with Gasteiger partial charge in [0.15, 0.2) is 6.61 Å². The lowest BCUT2D eigenvalue weighted by atomic mass is 9.89. The molecule has 0 unspecified atom stereocenters. The summed E-state index contributed by atoms with van der Waals surface area (Å²) in [7, 11) is 0. The van der Waals surface area contributed by atoms with Gasteiger partial charge in [0.1, 0.15) is 0 Å². The van der Waals surface area contributed by atoms with Gasteiger partial charge in [0.2, 0.25) is 5.76 Å². The minimum atomic E-state index is -0.668. The van der Waals surface area contributed by atoms with Crippen LogP contribution in [-0.2, 0) is 9.53 Å². The van der Waals surface area contributed by atoms with Gasteiger partial charge in [0.05, 0.1) is 5.69 Å². The first-order valence-corrected chi connectivity index (χ1v) is 7.02. The lowest BCUT2D eigenvalue weighted by Gasteiger charge is -2.21. The summed E-state index contributed by atoms with van der Waals surface area (Å²) in [6.45, 7) is 2.08. The van der Waals surface area contributed by atoms with Crippen molar-refractivity contribution < 1.29 is 18.8 Å². The first kappa shape index (κ1) is 14.6. The van der Waals surface area contributed by atoms with Crippen LogP contribution in [0.3, 0.4) is 0 Å². The van der Waals surface area contributed by atoms with Crippen molar-refractivity contribution in [2.45, 2.75) is 39.0 Å². The van der Waals surface area contributed by atoms with Crippen LogP contribution in [0.2, 0.25) is 0 Å². The van der Waals surface area contributed by atoms with E-state index >= 15 is 0 Å². The fourth-order valence-corrected chi connectivity index (χ4v) is 2.36. The first-order valence-electron chi connectivity index (χ1n) is 7.02. The van der Waals surface area contributed by atoms with Gasteiger partial charge < -0.3 is 14.6 Å². The van der Waals surface area contributed by atoms with Crippen molar-refractivity contribution in [3.05, 3.63) is 17.5 Å². The minimum Gasteiger partial charge on any atom is -0.450 e. The molecule has 1 fully saturated rings. The molecular weight excluding hydrogens is 260 g/mol. The molecule has 1 amide bonds. The van der Waals surface area contributed by atoms with Crippen molar-refractivity contribution in [1.29, 1.82) is 0 Å². The quantitative estimate of drug-likeness (QED) is 0.832. The highest BCUT2D eigenvalue weighted by Crippen LogP contribution is 2.22. The highest BCUT2D eigenvalue weighted by Gasteiger charge is 2.17. The number of amides is 1. The maximum Gasteiger partial charge on any atom is 0.377 e. The Morgan fingerprint density at radius 1 is 1.40 bits per heavy atom. The number of nitrogens with zero attached hydrogens (tertiary/aromatic N) is 1. The topological polar surface area (TPSA) is 81.4 Å². The molecule has 1 N–H and O–H groups in total. The molecule has 2 rings (SSSR count). The van der Waals surface area contributed by atoms with E-state index in [1.54, 1.807) is 6.92 Å². The number of hydrogen-bond acceptors (Lipinski definition) is 5. The van der Waals surface area contributed by atoms with Crippen LogP contribution in [0.15, 0.2) is 10.6 Å². The summed E-state index contributed by atoms with van der Waals surface area (Å²) >= 11 is 0. The molecule has 6 nitrogen and oxygen atoms in total. The van der Waals surface area contributed by atoms with E-state index in [2.05, 4.69) is 10.5 Å². The van der Waals surface area contributed by atoms with Crippen LogP contribution in [0.5, 0.6) is 0 Å². The molecule has 0 spiro atoms. The molecule has 0 saturated heterocycles. The Labute approximate surface area is 117 Å². The van der Waals surface area contributed by atoms with Crippen molar-refractivity contribution >= 4 is 11.9 Å². The molecule has 0 aliphatic heterocycles. The summed E-state index contributed by atoms with van der Waals surface area (Å²) in [4.78, 5) is 23.1. The third-order valence-corrected chi connectivity index (χ3v) is 3.48. The van der Waals surface area contributed by atoms with Crippen molar-refractivity contribution in [3.8, 4) is 0 Å². The fraction of sp³-hybridized carbons (Fsp3) is 0.643. The lowest BCUT2D eigenvalue weighted by Crippen LogP contribution is -2.33. The van der Waals surface area contributed by atoms with Gasteiger partial charge >= 0.3 is 5.97 Å². The highest BCUT2D eigenvalue weighted by atomic mass is 16.6. The molecule has 0 aromatic carbocycles. The zero-order valence-electron chi connectivity index (χ0n) is 11.7. The Bertz CT molecular complexity index is 463. The van der Waals surface area contributed by atoms with Crippen LogP contribution < -0.4 is 5.32 Å². The third-order valence-electron chi connectivity index (χ3n) is 3.48. The number of esters is 1.